The Kier molecular flexibility index (Phi) is 5.66. The van der Waals surface area contributed by atoms with Crippen LogP contribution < -0.4 is 0 Å². The second kappa shape index (κ2) is 9.73. The largest absolute Gasteiger partial charge is 0.308 e. The van der Waals surface area contributed by atoms with E-state index < -0.39 is 0 Å². The Morgan fingerprint density at radius 1 is 0.432 bits per heavy atom. The minimum Gasteiger partial charge on any atom is -0.308 e. The molecule has 6 aromatic carbocycles. The third kappa shape index (κ3) is 3.76. The molecule has 0 saturated heterocycles. The van der Waals surface area contributed by atoms with Crippen LogP contribution in [0, 0.1) is 36.5 Å². The number of aryl methyl sites for hydroxylation is 2. The Balaban J connectivity index is 1.38. The molecule has 0 N–H and O–H groups in total. The van der Waals surface area contributed by atoms with Gasteiger partial charge >= 0.3 is 0 Å². The predicted molar refractivity (Wildman–Crippen MR) is 179 cm³/mol. The minimum atomic E-state index is 0.601. The summed E-state index contributed by atoms with van der Waals surface area (Å²) in [5, 5.41) is 25.1. The zero-order valence-electron chi connectivity index (χ0n) is 24.3. The summed E-state index contributed by atoms with van der Waals surface area (Å²) in [5.41, 5.74) is 11.4. The van der Waals surface area contributed by atoms with Crippen LogP contribution in [-0.4, -0.2) is 9.13 Å². The van der Waals surface area contributed by atoms with Crippen molar-refractivity contribution in [1.29, 1.82) is 10.5 Å². The molecule has 0 unspecified atom stereocenters. The Morgan fingerprint density at radius 2 is 0.841 bits per heavy atom. The summed E-state index contributed by atoms with van der Waals surface area (Å²) in [6, 6.07) is 46.5. The number of nitrogens with zero attached hydrogens (tertiary/aromatic N) is 4. The van der Waals surface area contributed by atoms with E-state index in [1.807, 2.05) is 36.4 Å². The van der Waals surface area contributed by atoms with Crippen molar-refractivity contribution in [2.75, 3.05) is 0 Å². The molecule has 206 valence electrons. The minimum absolute atomic E-state index is 0.601. The number of para-hydroxylation sites is 2. The van der Waals surface area contributed by atoms with Crippen molar-refractivity contribution in [3.05, 3.63) is 144 Å². The molecule has 0 saturated carbocycles. The first-order valence-electron chi connectivity index (χ1n) is 14.6. The summed E-state index contributed by atoms with van der Waals surface area (Å²) in [6.07, 6.45) is 0. The molecule has 0 atom stereocenters. The molecule has 0 bridgehead atoms. The van der Waals surface area contributed by atoms with Gasteiger partial charge in [0.2, 0.25) is 0 Å². The fourth-order valence-corrected chi connectivity index (χ4v) is 6.67. The van der Waals surface area contributed by atoms with Crippen molar-refractivity contribution in [3.63, 3.8) is 0 Å². The molecule has 0 aliphatic carbocycles. The second-order valence-corrected chi connectivity index (χ2v) is 11.4. The lowest BCUT2D eigenvalue weighted by Crippen LogP contribution is -2.00. The van der Waals surface area contributed by atoms with E-state index in [1.165, 1.54) is 11.1 Å². The number of rotatable bonds is 3. The summed E-state index contributed by atoms with van der Waals surface area (Å²) in [7, 11) is 0. The lowest BCUT2D eigenvalue weighted by atomic mass is 9.99. The van der Waals surface area contributed by atoms with Gasteiger partial charge in [-0.05, 0) is 85.6 Å². The molecule has 2 aromatic heterocycles. The highest BCUT2D eigenvalue weighted by Gasteiger charge is 2.18. The van der Waals surface area contributed by atoms with Crippen LogP contribution in [0.15, 0.2) is 121 Å². The van der Waals surface area contributed by atoms with Gasteiger partial charge in [0.25, 0.3) is 0 Å². The predicted octanol–water partition coefficient (Wildman–Crippen LogP) is 9.91. The average molecular weight is 563 g/mol. The molecule has 0 aliphatic rings. The quantitative estimate of drug-likeness (QED) is 0.215. The summed E-state index contributed by atoms with van der Waals surface area (Å²) < 4.78 is 4.40. The molecular formula is C40H26N4. The number of aromatic nitrogens is 2. The standard InChI is InChI=1S/C40H26N4/c1-25-11-17-37-33(19-25)31-7-3-5-9-35(31)43(37)39-21-27(13-15-29(39)23-41)28-14-16-30(24-42)40(22-28)44-36-10-6-4-8-32(36)34-20-26(2)12-18-38(34)44/h3-22H,1-2H3. The molecule has 8 rings (SSSR count). The Morgan fingerprint density at radius 3 is 1.27 bits per heavy atom. The Labute approximate surface area is 254 Å². The Bertz CT molecular complexity index is 2370. The van der Waals surface area contributed by atoms with Gasteiger partial charge in [0.15, 0.2) is 0 Å². The molecule has 44 heavy (non-hydrogen) atoms. The molecule has 4 nitrogen and oxygen atoms in total. The molecule has 0 amide bonds. The lowest BCUT2D eigenvalue weighted by Gasteiger charge is -2.15. The molecule has 0 aliphatic heterocycles. The number of fused-ring (bicyclic) bond motifs is 6. The van der Waals surface area contributed by atoms with E-state index in [1.54, 1.807) is 0 Å². The van der Waals surface area contributed by atoms with Crippen LogP contribution in [-0.2, 0) is 0 Å². The maximum Gasteiger partial charge on any atom is 0.101 e. The van der Waals surface area contributed by atoms with Crippen molar-refractivity contribution >= 4 is 43.6 Å². The van der Waals surface area contributed by atoms with Crippen molar-refractivity contribution in [1.82, 2.24) is 9.13 Å². The SMILES string of the molecule is Cc1ccc2c(c1)c1ccccc1n2-c1cc(-c2ccc(C#N)c(-n3c4ccccc4c4cc(C)ccc43)c2)ccc1C#N. The van der Waals surface area contributed by atoms with Gasteiger partial charge in [-0.25, -0.2) is 0 Å². The van der Waals surface area contributed by atoms with E-state index >= 15 is 0 Å². The molecular weight excluding hydrogens is 536 g/mol. The van der Waals surface area contributed by atoms with Crippen LogP contribution >= 0.6 is 0 Å². The molecule has 0 fully saturated rings. The topological polar surface area (TPSA) is 57.4 Å². The van der Waals surface area contributed by atoms with Crippen LogP contribution in [0.2, 0.25) is 0 Å². The van der Waals surface area contributed by atoms with Gasteiger partial charge in [-0.15, -0.1) is 0 Å². The fourth-order valence-electron chi connectivity index (χ4n) is 6.67. The van der Waals surface area contributed by atoms with Crippen molar-refractivity contribution < 1.29 is 0 Å². The summed E-state index contributed by atoms with van der Waals surface area (Å²) in [4.78, 5) is 0. The highest BCUT2D eigenvalue weighted by Crippen LogP contribution is 2.38. The fraction of sp³-hybridized carbons (Fsp3) is 0.0500. The first kappa shape index (κ1) is 25.6. The van der Waals surface area contributed by atoms with E-state index in [0.29, 0.717) is 11.1 Å². The zero-order chi connectivity index (χ0) is 29.9. The molecule has 0 radical (unpaired) electrons. The van der Waals surface area contributed by atoms with E-state index in [-0.39, 0.29) is 0 Å². The molecule has 2 heterocycles. The summed E-state index contributed by atoms with van der Waals surface area (Å²) >= 11 is 0. The maximum absolute atomic E-state index is 10.2. The van der Waals surface area contributed by atoms with Gasteiger partial charge in [-0.1, -0.05) is 71.8 Å². The smallest absolute Gasteiger partial charge is 0.101 e. The third-order valence-electron chi connectivity index (χ3n) is 8.71. The molecule has 0 spiro atoms. The maximum atomic E-state index is 10.2. The normalized spacial score (nSPS) is 11.4. The lowest BCUT2D eigenvalue weighted by molar-refractivity contribution is 1.16. The van der Waals surface area contributed by atoms with Crippen LogP contribution in [0.4, 0.5) is 0 Å². The van der Waals surface area contributed by atoms with Crippen LogP contribution in [0.3, 0.4) is 0 Å². The van der Waals surface area contributed by atoms with Gasteiger partial charge < -0.3 is 9.13 Å². The van der Waals surface area contributed by atoms with Gasteiger partial charge in [-0.2, -0.15) is 10.5 Å². The van der Waals surface area contributed by atoms with E-state index in [2.05, 4.69) is 120 Å². The van der Waals surface area contributed by atoms with Crippen LogP contribution in [0.25, 0.3) is 66.1 Å². The second-order valence-electron chi connectivity index (χ2n) is 11.4. The first-order valence-corrected chi connectivity index (χ1v) is 14.6. The van der Waals surface area contributed by atoms with Gasteiger partial charge in [0, 0.05) is 21.5 Å². The molecule has 4 heteroatoms. The Hall–Kier alpha value is -6.10. The van der Waals surface area contributed by atoms with Crippen molar-refractivity contribution in [2.45, 2.75) is 13.8 Å². The third-order valence-corrected chi connectivity index (χ3v) is 8.71. The zero-order valence-corrected chi connectivity index (χ0v) is 24.3. The van der Waals surface area contributed by atoms with Gasteiger partial charge in [0.05, 0.1) is 44.6 Å². The highest BCUT2D eigenvalue weighted by atomic mass is 15.0. The molecule has 8 aromatic rings. The number of hydrogen-bond acceptors (Lipinski definition) is 2. The average Bonchev–Trinajstić information content (AvgIpc) is 3.56. The van der Waals surface area contributed by atoms with Gasteiger partial charge in [0.1, 0.15) is 12.1 Å². The van der Waals surface area contributed by atoms with Gasteiger partial charge in [-0.3, -0.25) is 0 Å². The van der Waals surface area contributed by atoms with E-state index in [9.17, 15) is 10.5 Å². The number of hydrogen-bond donors (Lipinski definition) is 0. The number of nitriles is 2. The monoisotopic (exact) mass is 562 g/mol. The van der Waals surface area contributed by atoms with E-state index in [4.69, 9.17) is 0 Å². The van der Waals surface area contributed by atoms with Crippen LogP contribution in [0.1, 0.15) is 22.3 Å². The number of benzene rings is 6. The summed E-state index contributed by atoms with van der Waals surface area (Å²) in [6.45, 7) is 4.21. The summed E-state index contributed by atoms with van der Waals surface area (Å²) in [5.74, 6) is 0. The van der Waals surface area contributed by atoms with Crippen molar-refractivity contribution in [3.8, 4) is 34.6 Å². The highest BCUT2D eigenvalue weighted by molar-refractivity contribution is 6.10. The van der Waals surface area contributed by atoms with Crippen molar-refractivity contribution in [2.24, 2.45) is 0 Å². The first-order chi connectivity index (χ1) is 21.6. The van der Waals surface area contributed by atoms with Crippen LogP contribution in [0.5, 0.6) is 0 Å². The van der Waals surface area contributed by atoms with E-state index in [0.717, 1.165) is 66.1 Å².